The number of hydrogen-bond acceptors (Lipinski definition) is 13. The standard InChI is InChI=1S/C54H61ClN10O6S2/c1-28-31(4)73-53-46(28)47(35-15-17-37(55)18-16-35)60-41(50-63-62-32(5)65(50)53)24-44(68)59-38-21-40(22-38)71-45-20-10-33(25-56-45)9-19-43(67)61-49(54(6,7)8)52(70)64-26-39(66)23-42(64)51(69)58-29(2)34-11-13-36(14-12-34)48-30(3)57-27-72-48/h10-18,20,25,27,29,38-42,49,66H,9,19,21-24,26H2,1-8H3,(H,58,69)(H,59,68)(H,61,67)/t29-,38?,39+,40?,41-,42-,49?/m0/s1. The van der Waals surface area contributed by atoms with E-state index in [2.05, 4.69) is 50.0 Å². The lowest BCUT2D eigenvalue weighted by Crippen LogP contribution is -2.57. The number of aliphatic hydroxyl groups excluding tert-OH is 1. The number of amides is 4. The minimum absolute atomic E-state index is 0.0158. The number of aliphatic imine (C=N–C) groups is 1. The molecule has 19 heteroatoms. The molecule has 6 heterocycles. The van der Waals surface area contributed by atoms with Crippen molar-refractivity contribution >= 4 is 63.6 Å². The number of β-amino-alcohol motifs (C(OH)–C–C–N with tert-alkyl or cyclic N) is 1. The number of aromatic nitrogens is 5. The highest BCUT2D eigenvalue weighted by molar-refractivity contribution is 7.15. The maximum absolute atomic E-state index is 14.2. The van der Waals surface area contributed by atoms with Gasteiger partial charge in [-0.25, -0.2) is 9.97 Å². The van der Waals surface area contributed by atoms with Crippen molar-refractivity contribution in [3.63, 3.8) is 0 Å². The number of likely N-dealkylation sites (tertiary alicyclic amines) is 1. The first-order valence-electron chi connectivity index (χ1n) is 24.7. The zero-order chi connectivity index (χ0) is 51.9. The molecule has 0 radical (unpaired) electrons. The van der Waals surface area contributed by atoms with Gasteiger partial charge in [0.25, 0.3) is 0 Å². The molecule has 1 unspecified atom stereocenters. The molecule has 2 fully saturated rings. The van der Waals surface area contributed by atoms with Crippen LogP contribution >= 0.6 is 34.3 Å². The Balaban J connectivity index is 0.750. The summed E-state index contributed by atoms with van der Waals surface area (Å²) < 4.78 is 8.19. The number of pyridine rings is 1. The molecule has 1 aliphatic carbocycles. The van der Waals surface area contributed by atoms with E-state index in [-0.39, 0.29) is 61.7 Å². The van der Waals surface area contributed by atoms with E-state index in [1.807, 2.05) is 106 Å². The van der Waals surface area contributed by atoms with E-state index in [9.17, 15) is 24.3 Å². The molecule has 2 aromatic carbocycles. The summed E-state index contributed by atoms with van der Waals surface area (Å²) in [6, 6.07) is 16.3. The molecule has 9 rings (SSSR count). The number of carbonyl (C=O) groups excluding carboxylic acids is 4. The molecule has 5 atom stereocenters. The second-order valence-corrected chi connectivity index (χ2v) is 23.0. The van der Waals surface area contributed by atoms with E-state index in [0.717, 1.165) is 60.5 Å². The molecule has 4 N–H and O–H groups in total. The van der Waals surface area contributed by atoms with Crippen LogP contribution in [0.1, 0.15) is 122 Å². The molecule has 0 spiro atoms. The third-order valence-corrected chi connectivity index (χ3v) is 16.4. The molecule has 1 saturated carbocycles. The fraction of sp³-hybridized carbons (Fsp3) is 0.426. The maximum Gasteiger partial charge on any atom is 0.246 e. The molecule has 4 aromatic heterocycles. The highest BCUT2D eigenvalue weighted by Gasteiger charge is 2.45. The van der Waals surface area contributed by atoms with Crippen molar-refractivity contribution in [2.24, 2.45) is 10.4 Å². The van der Waals surface area contributed by atoms with Crippen molar-refractivity contribution in [3.8, 4) is 21.3 Å². The number of nitrogens with zero attached hydrogens (tertiary/aromatic N) is 7. The SMILES string of the molecule is Cc1ncsc1-c1ccc([C@H](C)NC(=O)[C@@H]2C[C@@H](O)CN2C(=O)C(NC(=O)CCc2ccc(OC3CC(NC(=O)C[C@@H]4N=C(c5ccc(Cl)cc5)c5c(sc(C)c5C)-n5c(C)nnc54)C3)nc2)C(C)(C)C)cc1. The summed E-state index contributed by atoms with van der Waals surface area (Å²) in [5.74, 6) is 0.536. The van der Waals surface area contributed by atoms with Gasteiger partial charge < -0.3 is 30.7 Å². The van der Waals surface area contributed by atoms with Crippen LogP contribution in [0.3, 0.4) is 0 Å². The molecule has 0 bridgehead atoms. The van der Waals surface area contributed by atoms with Gasteiger partial charge in [-0.2, -0.15) is 0 Å². The number of nitrogens with one attached hydrogen (secondary N) is 3. The van der Waals surface area contributed by atoms with Crippen molar-refractivity contribution in [1.29, 1.82) is 0 Å². The molecule has 1 saturated heterocycles. The number of ether oxygens (including phenoxy) is 1. The fourth-order valence-corrected chi connectivity index (χ4v) is 11.8. The monoisotopic (exact) mass is 1040 g/mol. The molecular weight excluding hydrogens is 984 g/mol. The highest BCUT2D eigenvalue weighted by Crippen LogP contribution is 2.40. The van der Waals surface area contributed by atoms with Crippen molar-refractivity contribution in [3.05, 3.63) is 127 Å². The van der Waals surface area contributed by atoms with Gasteiger partial charge >= 0.3 is 0 Å². The lowest BCUT2D eigenvalue weighted by Gasteiger charge is -2.35. The second-order valence-electron chi connectivity index (χ2n) is 20.5. The highest BCUT2D eigenvalue weighted by atomic mass is 35.5. The van der Waals surface area contributed by atoms with E-state index in [4.69, 9.17) is 21.3 Å². The zero-order valence-electron chi connectivity index (χ0n) is 42.2. The lowest BCUT2D eigenvalue weighted by atomic mass is 9.85. The van der Waals surface area contributed by atoms with Crippen LogP contribution in [0.15, 0.2) is 77.4 Å². The Morgan fingerprint density at radius 2 is 1.63 bits per heavy atom. The van der Waals surface area contributed by atoms with Gasteiger partial charge in [0.2, 0.25) is 29.5 Å². The van der Waals surface area contributed by atoms with Crippen LogP contribution in [0.2, 0.25) is 5.02 Å². The average Bonchev–Trinajstić information content (AvgIpc) is 4.11. The Labute approximate surface area is 438 Å². The van der Waals surface area contributed by atoms with Crippen LogP contribution in [-0.4, -0.2) is 101 Å². The number of aliphatic hydroxyl groups is 1. The smallest absolute Gasteiger partial charge is 0.246 e. The molecule has 6 aromatic rings. The first-order valence-corrected chi connectivity index (χ1v) is 26.7. The van der Waals surface area contributed by atoms with Gasteiger partial charge in [0.05, 0.1) is 40.4 Å². The lowest BCUT2D eigenvalue weighted by molar-refractivity contribution is -0.144. The normalized spacial score (nSPS) is 20.2. The molecule has 16 nitrogen and oxygen atoms in total. The number of aryl methyl sites for hydroxylation is 4. The summed E-state index contributed by atoms with van der Waals surface area (Å²) in [5, 5.41) is 30.4. The topological polar surface area (TPSA) is 206 Å². The number of benzene rings is 2. The first-order chi connectivity index (χ1) is 34.8. The zero-order valence-corrected chi connectivity index (χ0v) is 44.6. The molecule has 2 aliphatic heterocycles. The van der Waals surface area contributed by atoms with Crippen LogP contribution < -0.4 is 20.7 Å². The molecule has 382 valence electrons. The Kier molecular flexibility index (Phi) is 15.0. The first kappa shape index (κ1) is 51.6. The summed E-state index contributed by atoms with van der Waals surface area (Å²) in [6.07, 6.45) is 2.53. The van der Waals surface area contributed by atoms with Crippen molar-refractivity contribution in [1.82, 2.24) is 45.6 Å². The molecular formula is C54H61ClN10O6S2. The third kappa shape index (κ3) is 11.3. The molecule has 73 heavy (non-hydrogen) atoms. The Bertz CT molecular complexity index is 3050. The van der Waals surface area contributed by atoms with Gasteiger partial charge in [-0.15, -0.1) is 32.9 Å². The van der Waals surface area contributed by atoms with Gasteiger partial charge in [-0.3, -0.25) is 28.7 Å². The van der Waals surface area contributed by atoms with E-state index < -0.39 is 35.6 Å². The van der Waals surface area contributed by atoms with Crippen LogP contribution in [0.5, 0.6) is 5.88 Å². The van der Waals surface area contributed by atoms with Crippen LogP contribution in [-0.2, 0) is 25.6 Å². The average molecular weight is 1050 g/mol. The predicted octanol–water partition coefficient (Wildman–Crippen LogP) is 8.05. The largest absolute Gasteiger partial charge is 0.474 e. The van der Waals surface area contributed by atoms with Gasteiger partial charge in [-0.1, -0.05) is 74.8 Å². The van der Waals surface area contributed by atoms with E-state index >= 15 is 0 Å². The summed E-state index contributed by atoms with van der Waals surface area (Å²) in [5.41, 5.74) is 8.67. The number of halogens is 1. The number of fused-ring (bicyclic) bond motifs is 3. The number of thiophene rings is 1. The van der Waals surface area contributed by atoms with Crippen LogP contribution in [0.4, 0.5) is 0 Å². The van der Waals surface area contributed by atoms with E-state index in [1.54, 1.807) is 34.9 Å². The summed E-state index contributed by atoms with van der Waals surface area (Å²) >= 11 is 9.51. The Morgan fingerprint density at radius 3 is 2.30 bits per heavy atom. The summed E-state index contributed by atoms with van der Waals surface area (Å²) in [7, 11) is 0. The van der Waals surface area contributed by atoms with Gasteiger partial charge in [0.15, 0.2) is 5.82 Å². The number of thiazole rings is 1. The van der Waals surface area contributed by atoms with Gasteiger partial charge in [0.1, 0.15) is 35.1 Å². The van der Waals surface area contributed by atoms with Crippen LogP contribution in [0.25, 0.3) is 15.4 Å². The van der Waals surface area contributed by atoms with Gasteiger partial charge in [0, 0.05) is 71.6 Å². The minimum Gasteiger partial charge on any atom is -0.474 e. The summed E-state index contributed by atoms with van der Waals surface area (Å²) in [4.78, 5) is 72.8. The van der Waals surface area contributed by atoms with E-state index in [0.29, 0.717) is 36.0 Å². The van der Waals surface area contributed by atoms with Crippen molar-refractivity contribution in [2.75, 3.05) is 6.54 Å². The van der Waals surface area contributed by atoms with E-state index in [1.165, 1.54) is 9.78 Å². The fourth-order valence-electron chi connectivity index (χ4n) is 9.68. The Morgan fingerprint density at radius 1 is 0.904 bits per heavy atom. The predicted molar refractivity (Wildman–Crippen MR) is 282 cm³/mol. The second kappa shape index (κ2) is 21.2. The van der Waals surface area contributed by atoms with Crippen LogP contribution in [0, 0.1) is 33.1 Å². The number of hydrogen-bond donors (Lipinski definition) is 4. The quantitative estimate of drug-likeness (QED) is 0.0779. The van der Waals surface area contributed by atoms with Gasteiger partial charge in [-0.05, 0) is 80.8 Å². The molecule has 4 amide bonds. The van der Waals surface area contributed by atoms with Crippen molar-refractivity contribution < 1.29 is 29.0 Å². The maximum atomic E-state index is 14.2. The third-order valence-electron chi connectivity index (χ3n) is 14.0. The Hall–Kier alpha value is -6.34. The molecule has 3 aliphatic rings. The summed E-state index contributed by atoms with van der Waals surface area (Å²) in [6.45, 7) is 15.5. The minimum atomic E-state index is -0.946. The number of carbonyl (C=O) groups is 4. The van der Waals surface area contributed by atoms with Crippen molar-refractivity contribution in [2.45, 2.75) is 136 Å². The number of rotatable bonds is 15.